The van der Waals surface area contributed by atoms with Crippen LogP contribution >= 0.6 is 0 Å². The third-order valence-corrected chi connectivity index (χ3v) is 12.9. The zero-order valence-corrected chi connectivity index (χ0v) is 48.8. The van der Waals surface area contributed by atoms with Crippen LogP contribution in [-0.2, 0) is 28.6 Å². The lowest BCUT2D eigenvalue weighted by atomic mass is 10.0. The Morgan fingerprint density at radius 2 is 0.480 bits per heavy atom. The molecule has 0 saturated heterocycles. The first kappa shape index (κ1) is 70.8. The molecule has 6 heteroatoms. The van der Waals surface area contributed by atoms with Crippen LogP contribution in [0.1, 0.15) is 278 Å². The number of carbonyl (C=O) groups is 3. The summed E-state index contributed by atoms with van der Waals surface area (Å²) in [4.78, 5) is 38.2. The number of hydrogen-bond donors (Lipinski definition) is 0. The van der Waals surface area contributed by atoms with Gasteiger partial charge in [-0.05, 0) is 122 Å². The lowest BCUT2D eigenvalue weighted by molar-refractivity contribution is -0.167. The molecule has 0 fully saturated rings. The van der Waals surface area contributed by atoms with Crippen LogP contribution in [0.25, 0.3) is 0 Å². The first-order valence-electron chi connectivity index (χ1n) is 31.0. The molecule has 0 saturated carbocycles. The van der Waals surface area contributed by atoms with E-state index in [0.717, 1.165) is 148 Å². The van der Waals surface area contributed by atoms with Crippen LogP contribution in [0.3, 0.4) is 0 Å². The summed E-state index contributed by atoms with van der Waals surface area (Å²) in [5, 5.41) is 0. The minimum atomic E-state index is -0.801. The molecule has 0 spiro atoms. The highest BCUT2D eigenvalue weighted by atomic mass is 16.6. The van der Waals surface area contributed by atoms with Gasteiger partial charge in [-0.15, -0.1) is 0 Å². The summed E-state index contributed by atoms with van der Waals surface area (Å²) in [6.07, 6.45) is 86.5. The van der Waals surface area contributed by atoms with E-state index in [1.807, 2.05) is 0 Å². The highest BCUT2D eigenvalue weighted by Gasteiger charge is 2.19. The molecule has 0 aliphatic heterocycles. The fourth-order valence-electron chi connectivity index (χ4n) is 8.40. The number of hydrogen-bond acceptors (Lipinski definition) is 6. The van der Waals surface area contributed by atoms with Crippen LogP contribution in [0, 0.1) is 0 Å². The third kappa shape index (κ3) is 60.6. The fraction of sp³-hybridized carbons (Fsp3) is 0.667. The Morgan fingerprint density at radius 1 is 0.267 bits per heavy atom. The molecule has 0 aliphatic rings. The van der Waals surface area contributed by atoms with Gasteiger partial charge >= 0.3 is 17.9 Å². The zero-order chi connectivity index (χ0) is 54.3. The predicted molar refractivity (Wildman–Crippen MR) is 325 cm³/mol. The number of carbonyl (C=O) groups excluding carboxylic acids is 3. The van der Waals surface area contributed by atoms with Crippen molar-refractivity contribution in [2.45, 2.75) is 284 Å². The summed E-state index contributed by atoms with van der Waals surface area (Å²) in [6, 6.07) is 0. The molecule has 0 amide bonds. The first-order valence-corrected chi connectivity index (χ1v) is 31.0. The average Bonchev–Trinajstić information content (AvgIpc) is 3.41. The molecule has 426 valence electrons. The van der Waals surface area contributed by atoms with Crippen LogP contribution < -0.4 is 0 Å². The molecule has 1 unspecified atom stereocenters. The molecule has 0 aliphatic carbocycles. The van der Waals surface area contributed by atoms with Crippen molar-refractivity contribution in [3.05, 3.63) is 122 Å². The molecule has 0 aromatic rings. The smallest absolute Gasteiger partial charge is 0.306 e. The number of rotatable bonds is 55. The van der Waals surface area contributed by atoms with Crippen LogP contribution in [0.2, 0.25) is 0 Å². The van der Waals surface area contributed by atoms with E-state index < -0.39 is 6.10 Å². The van der Waals surface area contributed by atoms with Gasteiger partial charge in [0, 0.05) is 19.3 Å². The van der Waals surface area contributed by atoms with Gasteiger partial charge < -0.3 is 14.2 Å². The summed E-state index contributed by atoms with van der Waals surface area (Å²) < 4.78 is 16.8. The monoisotopic (exact) mass is 1040 g/mol. The van der Waals surface area contributed by atoms with Crippen molar-refractivity contribution < 1.29 is 28.6 Å². The second-order valence-corrected chi connectivity index (χ2v) is 20.2. The van der Waals surface area contributed by atoms with Crippen molar-refractivity contribution in [1.29, 1.82) is 0 Å². The molecule has 0 radical (unpaired) electrons. The van der Waals surface area contributed by atoms with Crippen molar-refractivity contribution in [2.24, 2.45) is 0 Å². The van der Waals surface area contributed by atoms with Crippen LogP contribution in [0.15, 0.2) is 122 Å². The van der Waals surface area contributed by atoms with E-state index in [1.165, 1.54) is 89.9 Å². The zero-order valence-electron chi connectivity index (χ0n) is 48.8. The van der Waals surface area contributed by atoms with E-state index >= 15 is 0 Å². The maximum atomic E-state index is 12.9. The van der Waals surface area contributed by atoms with Crippen molar-refractivity contribution in [1.82, 2.24) is 0 Å². The second kappa shape index (κ2) is 62.4. The molecule has 0 N–H and O–H groups in total. The molecular weight excluding hydrogens is 925 g/mol. The molecule has 75 heavy (non-hydrogen) atoms. The van der Waals surface area contributed by atoms with Gasteiger partial charge in [0.05, 0.1) is 0 Å². The summed E-state index contributed by atoms with van der Waals surface area (Å²) >= 11 is 0. The summed E-state index contributed by atoms with van der Waals surface area (Å²) in [7, 11) is 0. The summed E-state index contributed by atoms with van der Waals surface area (Å²) in [6.45, 7) is 6.27. The molecular formula is C69H114O6. The van der Waals surface area contributed by atoms with Crippen molar-refractivity contribution in [3.63, 3.8) is 0 Å². The Hall–Kier alpha value is -4.19. The minimum absolute atomic E-state index is 0.0954. The first-order chi connectivity index (χ1) is 37.0. The lowest BCUT2D eigenvalue weighted by Gasteiger charge is -2.18. The normalized spacial score (nSPS) is 12.9. The topological polar surface area (TPSA) is 78.9 Å². The van der Waals surface area contributed by atoms with Gasteiger partial charge in [0.25, 0.3) is 0 Å². The number of unbranched alkanes of at least 4 members (excludes halogenated alkanes) is 24. The molecule has 0 bridgehead atoms. The predicted octanol–water partition coefficient (Wildman–Crippen LogP) is 21.2. The Kier molecular flexibility index (Phi) is 58.9. The van der Waals surface area contributed by atoms with E-state index in [4.69, 9.17) is 14.2 Å². The van der Waals surface area contributed by atoms with Crippen LogP contribution in [-0.4, -0.2) is 37.2 Å². The van der Waals surface area contributed by atoms with Crippen molar-refractivity contribution in [2.75, 3.05) is 13.2 Å². The Bertz CT molecular complexity index is 1570. The Labute approximate surface area is 462 Å². The van der Waals surface area contributed by atoms with Crippen molar-refractivity contribution >= 4 is 17.9 Å². The van der Waals surface area contributed by atoms with Crippen molar-refractivity contribution in [3.8, 4) is 0 Å². The number of esters is 3. The third-order valence-electron chi connectivity index (χ3n) is 12.9. The largest absolute Gasteiger partial charge is 0.462 e. The Balaban J connectivity index is 4.25. The van der Waals surface area contributed by atoms with E-state index in [1.54, 1.807) is 0 Å². The Morgan fingerprint density at radius 3 is 0.760 bits per heavy atom. The molecule has 1 atom stereocenters. The maximum Gasteiger partial charge on any atom is 0.306 e. The minimum Gasteiger partial charge on any atom is -0.462 e. The summed E-state index contributed by atoms with van der Waals surface area (Å²) in [5.41, 5.74) is 0. The fourth-order valence-corrected chi connectivity index (χ4v) is 8.40. The van der Waals surface area contributed by atoms with Gasteiger partial charge in [-0.1, -0.05) is 258 Å². The average molecular weight is 1040 g/mol. The van der Waals surface area contributed by atoms with Gasteiger partial charge in [-0.2, -0.15) is 0 Å². The molecule has 0 aromatic heterocycles. The van der Waals surface area contributed by atoms with E-state index in [0.29, 0.717) is 19.3 Å². The quantitative estimate of drug-likeness (QED) is 0.0261. The van der Waals surface area contributed by atoms with Gasteiger partial charge in [0.1, 0.15) is 13.2 Å². The molecule has 0 heterocycles. The number of ether oxygens (including phenoxy) is 3. The van der Waals surface area contributed by atoms with Crippen LogP contribution in [0.4, 0.5) is 0 Å². The highest BCUT2D eigenvalue weighted by molar-refractivity contribution is 5.71. The molecule has 0 rings (SSSR count). The molecule has 0 aromatic carbocycles. The SMILES string of the molecule is CC/C=C\C/C=C\C/C=C\C/C=C\CCCCCCCCCCCCCCCCCCC(=O)OCC(COC(=O)CCCCC/C=C\C/C=C\C/C=C\CC)OC(=O)CCCCCCC/C=C\C/C=C\C/C=C\CC. The lowest BCUT2D eigenvalue weighted by Crippen LogP contribution is -2.30. The standard InChI is InChI=1S/C69H114O6/c1-4-7-10-13-16-19-22-25-27-28-29-30-31-32-33-34-35-36-37-38-39-40-42-44-47-50-53-56-59-62-68(71)74-65-66(64-73-67(70)61-58-55-52-49-46-43-24-21-18-15-12-9-6-3)75-69(72)63-60-57-54-51-48-45-41-26-23-20-17-14-11-8-5-2/h7-12,16-21,25-27,29-30,41,43,46,66H,4-6,13-15,22-24,28,31-40,42,44-45,47-65H2,1-3H3/b10-7-,11-8-,12-9-,19-16-,20-17-,21-18-,27-25-,30-29-,41-26-,46-43-. The van der Waals surface area contributed by atoms with E-state index in [-0.39, 0.29) is 31.1 Å². The maximum absolute atomic E-state index is 12.9. The van der Waals surface area contributed by atoms with Gasteiger partial charge in [0.15, 0.2) is 6.10 Å². The van der Waals surface area contributed by atoms with E-state index in [2.05, 4.69) is 142 Å². The molecule has 6 nitrogen and oxygen atoms in total. The number of allylic oxidation sites excluding steroid dienone is 20. The van der Waals surface area contributed by atoms with Gasteiger partial charge in [-0.25, -0.2) is 0 Å². The van der Waals surface area contributed by atoms with E-state index in [9.17, 15) is 14.4 Å². The summed E-state index contributed by atoms with van der Waals surface area (Å²) in [5.74, 6) is -0.941. The van der Waals surface area contributed by atoms with Gasteiger partial charge in [-0.3, -0.25) is 14.4 Å². The second-order valence-electron chi connectivity index (χ2n) is 20.2. The van der Waals surface area contributed by atoms with Crippen LogP contribution in [0.5, 0.6) is 0 Å². The highest BCUT2D eigenvalue weighted by Crippen LogP contribution is 2.16. The van der Waals surface area contributed by atoms with Gasteiger partial charge in [0.2, 0.25) is 0 Å².